The number of methoxy groups -OCH3 is 2. The molecule has 0 spiro atoms. The monoisotopic (exact) mass is 286 g/mol. The second kappa shape index (κ2) is 6.17. The molecule has 5 nitrogen and oxygen atoms in total. The van der Waals surface area contributed by atoms with Crippen LogP contribution in [0.15, 0.2) is 36.4 Å². The summed E-state index contributed by atoms with van der Waals surface area (Å²) in [6, 6.07) is 10.5. The molecule has 0 radical (unpaired) electrons. The van der Waals surface area contributed by atoms with Crippen LogP contribution in [0.4, 0.5) is 11.4 Å². The Bertz CT molecular complexity index is 651. The van der Waals surface area contributed by atoms with Gasteiger partial charge in [-0.15, -0.1) is 0 Å². The Balaban J connectivity index is 2.26. The summed E-state index contributed by atoms with van der Waals surface area (Å²) in [6.45, 7) is 1.97. The molecule has 0 unspecified atom stereocenters. The number of ether oxygens (including phenoxy) is 2. The van der Waals surface area contributed by atoms with Crippen molar-refractivity contribution < 1.29 is 14.3 Å². The third kappa shape index (κ3) is 3.25. The summed E-state index contributed by atoms with van der Waals surface area (Å²) in [7, 11) is 3.06. The van der Waals surface area contributed by atoms with Crippen LogP contribution in [0.1, 0.15) is 15.9 Å². The van der Waals surface area contributed by atoms with Crippen LogP contribution in [0.3, 0.4) is 0 Å². The molecule has 0 saturated heterocycles. The van der Waals surface area contributed by atoms with Gasteiger partial charge in [-0.2, -0.15) is 0 Å². The predicted molar refractivity (Wildman–Crippen MR) is 83.1 cm³/mol. The minimum Gasteiger partial charge on any atom is -0.493 e. The van der Waals surface area contributed by atoms with Crippen LogP contribution in [-0.2, 0) is 0 Å². The van der Waals surface area contributed by atoms with E-state index in [0.29, 0.717) is 28.4 Å². The maximum atomic E-state index is 12.2. The van der Waals surface area contributed by atoms with Crippen LogP contribution >= 0.6 is 0 Å². The molecule has 2 aromatic rings. The smallest absolute Gasteiger partial charge is 0.255 e. The molecule has 2 rings (SSSR count). The summed E-state index contributed by atoms with van der Waals surface area (Å²) in [5.41, 5.74) is 8.47. The van der Waals surface area contributed by atoms with Crippen molar-refractivity contribution >= 4 is 17.3 Å². The number of carbonyl (C=O) groups is 1. The van der Waals surface area contributed by atoms with Crippen molar-refractivity contribution in [1.29, 1.82) is 0 Å². The summed E-state index contributed by atoms with van der Waals surface area (Å²) in [5, 5.41) is 2.77. The van der Waals surface area contributed by atoms with Crippen LogP contribution in [0.25, 0.3) is 0 Å². The summed E-state index contributed by atoms with van der Waals surface area (Å²) < 4.78 is 10.4. The zero-order valence-corrected chi connectivity index (χ0v) is 12.3. The van der Waals surface area contributed by atoms with E-state index < -0.39 is 0 Å². The van der Waals surface area contributed by atoms with Crippen LogP contribution < -0.4 is 20.5 Å². The van der Waals surface area contributed by atoms with Gasteiger partial charge in [0.25, 0.3) is 5.91 Å². The number of nitrogen functional groups attached to an aromatic ring is 1. The van der Waals surface area contributed by atoms with E-state index in [9.17, 15) is 4.79 Å². The molecule has 21 heavy (non-hydrogen) atoms. The molecule has 0 bridgehead atoms. The lowest BCUT2D eigenvalue weighted by molar-refractivity contribution is 0.102. The Morgan fingerprint density at radius 1 is 1.05 bits per heavy atom. The number of amides is 1. The summed E-state index contributed by atoms with van der Waals surface area (Å²) in [5.74, 6) is 0.795. The van der Waals surface area contributed by atoms with Crippen molar-refractivity contribution in [3.63, 3.8) is 0 Å². The lowest BCUT2D eigenvalue weighted by Crippen LogP contribution is -2.13. The van der Waals surface area contributed by atoms with E-state index >= 15 is 0 Å². The van der Waals surface area contributed by atoms with Crippen molar-refractivity contribution in [1.82, 2.24) is 0 Å². The molecule has 3 N–H and O–H groups in total. The number of hydrogen-bond donors (Lipinski definition) is 2. The molecule has 0 aliphatic heterocycles. The zero-order chi connectivity index (χ0) is 15.4. The van der Waals surface area contributed by atoms with Gasteiger partial charge >= 0.3 is 0 Å². The minimum absolute atomic E-state index is 0.228. The van der Waals surface area contributed by atoms with Gasteiger partial charge in [0.05, 0.1) is 25.6 Å². The fraction of sp³-hybridized carbons (Fsp3) is 0.188. The number of anilines is 2. The Morgan fingerprint density at radius 3 is 2.19 bits per heavy atom. The second-order valence-electron chi connectivity index (χ2n) is 4.61. The zero-order valence-electron chi connectivity index (χ0n) is 12.3. The van der Waals surface area contributed by atoms with Gasteiger partial charge in [0.1, 0.15) is 0 Å². The first kappa shape index (κ1) is 14.7. The van der Waals surface area contributed by atoms with Gasteiger partial charge in [-0.3, -0.25) is 4.79 Å². The van der Waals surface area contributed by atoms with Gasteiger partial charge in [0, 0.05) is 17.7 Å². The third-order valence-electron chi connectivity index (χ3n) is 3.12. The number of benzene rings is 2. The molecule has 1 amide bonds. The van der Waals surface area contributed by atoms with Crippen molar-refractivity contribution in [2.45, 2.75) is 6.92 Å². The highest BCUT2D eigenvalue weighted by molar-refractivity contribution is 6.06. The van der Waals surface area contributed by atoms with Crippen molar-refractivity contribution in [2.75, 3.05) is 25.3 Å². The predicted octanol–water partition coefficient (Wildman–Crippen LogP) is 2.85. The lowest BCUT2D eigenvalue weighted by atomic mass is 10.1. The van der Waals surface area contributed by atoms with E-state index in [1.807, 2.05) is 19.1 Å². The van der Waals surface area contributed by atoms with Crippen LogP contribution in [-0.4, -0.2) is 20.1 Å². The summed E-state index contributed by atoms with van der Waals surface area (Å²) >= 11 is 0. The number of aryl methyl sites for hydroxylation is 1. The molecular formula is C16H18N2O3. The van der Waals surface area contributed by atoms with Gasteiger partial charge in [-0.25, -0.2) is 0 Å². The molecular weight excluding hydrogens is 268 g/mol. The fourth-order valence-electron chi connectivity index (χ4n) is 1.90. The number of carbonyl (C=O) groups excluding carboxylic acids is 1. The molecule has 110 valence electrons. The van der Waals surface area contributed by atoms with Gasteiger partial charge in [-0.05, 0) is 19.1 Å². The highest BCUT2D eigenvalue weighted by atomic mass is 16.5. The van der Waals surface area contributed by atoms with E-state index in [-0.39, 0.29) is 5.91 Å². The molecule has 0 saturated carbocycles. The van der Waals surface area contributed by atoms with E-state index in [0.717, 1.165) is 5.56 Å². The topological polar surface area (TPSA) is 73.6 Å². The average Bonchev–Trinajstić information content (AvgIpc) is 2.49. The fourth-order valence-corrected chi connectivity index (χ4v) is 1.90. The Hall–Kier alpha value is -2.69. The average molecular weight is 286 g/mol. The van der Waals surface area contributed by atoms with Gasteiger partial charge in [0.2, 0.25) is 0 Å². The first-order valence-electron chi connectivity index (χ1n) is 6.44. The number of nitrogens with two attached hydrogens (primary N) is 1. The van der Waals surface area contributed by atoms with Gasteiger partial charge < -0.3 is 20.5 Å². The molecule has 0 fully saturated rings. The lowest BCUT2D eigenvalue weighted by Gasteiger charge is -2.13. The molecule has 2 aromatic carbocycles. The third-order valence-corrected chi connectivity index (χ3v) is 3.12. The number of nitrogens with one attached hydrogen (secondary N) is 1. The molecule has 5 heteroatoms. The standard InChI is InChI=1S/C16H18N2O3/c1-10-4-6-11(7-5-10)16(19)18-13-9-15(21-3)14(20-2)8-12(13)17/h4-9H,17H2,1-3H3,(H,18,19). The molecule has 0 aliphatic carbocycles. The van der Waals surface area contributed by atoms with Crippen LogP contribution in [0.2, 0.25) is 0 Å². The van der Waals surface area contributed by atoms with Crippen LogP contribution in [0, 0.1) is 6.92 Å². The van der Waals surface area contributed by atoms with Crippen molar-refractivity contribution in [3.8, 4) is 11.5 Å². The molecule has 0 aromatic heterocycles. The Labute approximate surface area is 123 Å². The van der Waals surface area contributed by atoms with Gasteiger partial charge in [0.15, 0.2) is 11.5 Å². The van der Waals surface area contributed by atoms with Gasteiger partial charge in [-0.1, -0.05) is 17.7 Å². The quantitative estimate of drug-likeness (QED) is 0.848. The van der Waals surface area contributed by atoms with Crippen LogP contribution in [0.5, 0.6) is 11.5 Å². The van der Waals surface area contributed by atoms with E-state index in [2.05, 4.69) is 5.32 Å². The maximum Gasteiger partial charge on any atom is 0.255 e. The summed E-state index contributed by atoms with van der Waals surface area (Å²) in [6.07, 6.45) is 0. The largest absolute Gasteiger partial charge is 0.493 e. The number of rotatable bonds is 4. The van der Waals surface area contributed by atoms with E-state index in [1.165, 1.54) is 14.2 Å². The highest BCUT2D eigenvalue weighted by Crippen LogP contribution is 2.34. The highest BCUT2D eigenvalue weighted by Gasteiger charge is 2.12. The number of hydrogen-bond acceptors (Lipinski definition) is 4. The van der Waals surface area contributed by atoms with E-state index in [4.69, 9.17) is 15.2 Å². The Kier molecular flexibility index (Phi) is 4.33. The first-order valence-corrected chi connectivity index (χ1v) is 6.44. The van der Waals surface area contributed by atoms with E-state index in [1.54, 1.807) is 24.3 Å². The van der Waals surface area contributed by atoms with Crippen molar-refractivity contribution in [3.05, 3.63) is 47.5 Å². The minimum atomic E-state index is -0.228. The van der Waals surface area contributed by atoms with Crippen molar-refractivity contribution in [2.24, 2.45) is 0 Å². The second-order valence-corrected chi connectivity index (χ2v) is 4.61. The molecule has 0 atom stereocenters. The SMILES string of the molecule is COc1cc(N)c(NC(=O)c2ccc(C)cc2)cc1OC. The maximum absolute atomic E-state index is 12.2. The first-order chi connectivity index (χ1) is 10.0. The molecule has 0 heterocycles. The summed E-state index contributed by atoms with van der Waals surface area (Å²) in [4.78, 5) is 12.2. The molecule has 0 aliphatic rings. The normalized spacial score (nSPS) is 10.0. The Morgan fingerprint density at radius 2 is 1.62 bits per heavy atom.